The van der Waals surface area contributed by atoms with Crippen LogP contribution in [-0.4, -0.2) is 47.5 Å². The zero-order chi connectivity index (χ0) is 10.3. The number of thioether (sulfide) groups is 1. The van der Waals surface area contributed by atoms with Gasteiger partial charge in [0.05, 0.1) is 5.92 Å². The van der Waals surface area contributed by atoms with E-state index >= 15 is 0 Å². The fourth-order valence-corrected chi connectivity index (χ4v) is 3.63. The molecule has 0 aromatic heterocycles. The summed E-state index contributed by atoms with van der Waals surface area (Å²) in [5, 5.41) is 3.19. The van der Waals surface area contributed by atoms with E-state index in [4.69, 9.17) is 0 Å². The zero-order valence-corrected chi connectivity index (χ0v) is 9.76. The van der Waals surface area contributed by atoms with Crippen molar-refractivity contribution in [3.05, 3.63) is 0 Å². The summed E-state index contributed by atoms with van der Waals surface area (Å²) in [5.41, 5.74) is 0. The highest BCUT2D eigenvalue weighted by atomic mass is 32.2. The molecule has 15 heavy (non-hydrogen) atoms. The van der Waals surface area contributed by atoms with Crippen LogP contribution in [0.3, 0.4) is 0 Å². The second-order valence-electron chi connectivity index (χ2n) is 4.85. The van der Waals surface area contributed by atoms with Crippen molar-refractivity contribution >= 4 is 17.7 Å². The van der Waals surface area contributed by atoms with Crippen LogP contribution in [0.4, 0.5) is 0 Å². The lowest BCUT2D eigenvalue weighted by atomic mass is 10.0. The van der Waals surface area contributed by atoms with Crippen LogP contribution in [0.5, 0.6) is 0 Å². The molecule has 2 aliphatic heterocycles. The van der Waals surface area contributed by atoms with Crippen LogP contribution in [0.15, 0.2) is 0 Å². The predicted molar refractivity (Wildman–Crippen MR) is 62.0 cm³/mol. The van der Waals surface area contributed by atoms with Gasteiger partial charge in [-0.3, -0.25) is 4.79 Å². The summed E-state index contributed by atoms with van der Waals surface area (Å²) in [7, 11) is 0. The van der Waals surface area contributed by atoms with Crippen molar-refractivity contribution in [2.75, 3.05) is 24.6 Å². The zero-order valence-electron chi connectivity index (χ0n) is 8.95. The van der Waals surface area contributed by atoms with Crippen LogP contribution < -0.4 is 5.32 Å². The molecule has 2 heterocycles. The molecule has 3 nitrogen and oxygen atoms in total. The van der Waals surface area contributed by atoms with Gasteiger partial charge in [0.1, 0.15) is 0 Å². The van der Waals surface area contributed by atoms with Gasteiger partial charge >= 0.3 is 0 Å². The minimum absolute atomic E-state index is 0.288. The summed E-state index contributed by atoms with van der Waals surface area (Å²) in [4.78, 5) is 14.5. The van der Waals surface area contributed by atoms with Gasteiger partial charge in [0.2, 0.25) is 5.91 Å². The minimum atomic E-state index is 0.288. The maximum Gasteiger partial charge on any atom is 0.228 e. The number of rotatable bonds is 3. The van der Waals surface area contributed by atoms with Crippen molar-refractivity contribution < 1.29 is 4.79 Å². The van der Waals surface area contributed by atoms with Gasteiger partial charge in [0.15, 0.2) is 0 Å². The largest absolute Gasteiger partial charge is 0.336 e. The van der Waals surface area contributed by atoms with Crippen LogP contribution in [0.2, 0.25) is 0 Å². The van der Waals surface area contributed by atoms with E-state index in [-0.39, 0.29) is 5.92 Å². The summed E-state index contributed by atoms with van der Waals surface area (Å²) < 4.78 is 0. The van der Waals surface area contributed by atoms with E-state index in [1.54, 1.807) is 0 Å². The molecule has 0 spiro atoms. The van der Waals surface area contributed by atoms with E-state index in [0.717, 1.165) is 13.1 Å². The van der Waals surface area contributed by atoms with Gasteiger partial charge in [0, 0.05) is 30.9 Å². The van der Waals surface area contributed by atoms with Crippen molar-refractivity contribution in [2.45, 2.75) is 31.3 Å². The fourth-order valence-electron chi connectivity index (χ4n) is 2.43. The molecule has 0 aromatic carbocycles. The van der Waals surface area contributed by atoms with E-state index in [2.05, 4.69) is 10.2 Å². The first kappa shape index (κ1) is 9.97. The highest BCUT2D eigenvalue weighted by molar-refractivity contribution is 7.99. The molecule has 84 valence electrons. The maximum absolute atomic E-state index is 12.3. The number of hydrogen-bond acceptors (Lipinski definition) is 3. The number of hydrogen-bond donors (Lipinski definition) is 1. The molecule has 1 aliphatic carbocycles. The molecule has 1 atom stereocenters. The van der Waals surface area contributed by atoms with Gasteiger partial charge in [-0.1, -0.05) is 0 Å². The molecule has 0 aromatic rings. The van der Waals surface area contributed by atoms with Gasteiger partial charge < -0.3 is 10.2 Å². The molecule has 1 saturated carbocycles. The molecule has 4 heteroatoms. The standard InChI is InChI=1S/C11H18N2OS/c14-11(8-5-12-6-8)13(9-1-2-9)10-3-4-15-7-10/h8-10,12H,1-7H2/t10-/m0/s1. The quantitative estimate of drug-likeness (QED) is 0.769. The molecule has 2 saturated heterocycles. The number of amides is 1. The van der Waals surface area contributed by atoms with E-state index in [1.807, 2.05) is 11.8 Å². The Bertz CT molecular complexity index is 257. The van der Waals surface area contributed by atoms with E-state index in [0.29, 0.717) is 18.0 Å². The number of nitrogens with zero attached hydrogens (tertiary/aromatic N) is 1. The Kier molecular flexibility index (Phi) is 2.64. The average Bonchev–Trinajstić information content (AvgIpc) is 2.78. The van der Waals surface area contributed by atoms with Crippen molar-refractivity contribution in [1.82, 2.24) is 10.2 Å². The van der Waals surface area contributed by atoms with Gasteiger partial charge in [-0.05, 0) is 25.0 Å². The lowest BCUT2D eigenvalue weighted by molar-refractivity contribution is -0.139. The highest BCUT2D eigenvalue weighted by Crippen LogP contribution is 2.35. The van der Waals surface area contributed by atoms with Crippen molar-refractivity contribution in [1.29, 1.82) is 0 Å². The first-order valence-electron chi connectivity index (χ1n) is 5.97. The second-order valence-corrected chi connectivity index (χ2v) is 6.00. The molecular weight excluding hydrogens is 208 g/mol. The summed E-state index contributed by atoms with van der Waals surface area (Å²) in [6, 6.07) is 1.15. The summed E-state index contributed by atoms with van der Waals surface area (Å²) in [6.07, 6.45) is 3.70. The Morgan fingerprint density at radius 2 is 2.00 bits per heavy atom. The fraction of sp³-hybridized carbons (Fsp3) is 0.909. The molecule has 0 bridgehead atoms. The average molecular weight is 226 g/mol. The summed E-state index contributed by atoms with van der Waals surface area (Å²) in [6.45, 7) is 1.81. The summed E-state index contributed by atoms with van der Waals surface area (Å²) in [5.74, 6) is 3.13. The third-order valence-corrected chi connectivity index (χ3v) is 4.77. The Balaban J connectivity index is 1.68. The first-order chi connectivity index (χ1) is 7.36. The molecular formula is C11H18N2OS. The molecule has 0 radical (unpaired) electrons. The van der Waals surface area contributed by atoms with Gasteiger partial charge in [0.25, 0.3) is 0 Å². The van der Waals surface area contributed by atoms with Crippen molar-refractivity contribution in [3.63, 3.8) is 0 Å². The Morgan fingerprint density at radius 1 is 1.20 bits per heavy atom. The Morgan fingerprint density at radius 3 is 2.47 bits per heavy atom. The molecule has 1 amide bonds. The molecule has 1 N–H and O–H groups in total. The monoisotopic (exact) mass is 226 g/mol. The lowest BCUT2D eigenvalue weighted by Gasteiger charge is -2.36. The molecule has 3 fully saturated rings. The number of carbonyl (C=O) groups is 1. The highest BCUT2D eigenvalue weighted by Gasteiger charge is 2.42. The van der Waals surface area contributed by atoms with Crippen molar-refractivity contribution in [2.24, 2.45) is 5.92 Å². The van der Waals surface area contributed by atoms with E-state index in [9.17, 15) is 4.79 Å². The topological polar surface area (TPSA) is 32.3 Å². The minimum Gasteiger partial charge on any atom is -0.336 e. The van der Waals surface area contributed by atoms with Gasteiger partial charge in [-0.15, -0.1) is 0 Å². The van der Waals surface area contributed by atoms with E-state index in [1.165, 1.54) is 30.8 Å². The number of nitrogens with one attached hydrogen (secondary N) is 1. The lowest BCUT2D eigenvalue weighted by Crippen LogP contribution is -2.55. The van der Waals surface area contributed by atoms with Gasteiger partial charge in [-0.2, -0.15) is 11.8 Å². The first-order valence-corrected chi connectivity index (χ1v) is 7.12. The maximum atomic E-state index is 12.3. The van der Waals surface area contributed by atoms with E-state index < -0.39 is 0 Å². The normalized spacial score (nSPS) is 31.3. The smallest absolute Gasteiger partial charge is 0.228 e. The molecule has 0 unspecified atom stereocenters. The molecule has 3 rings (SSSR count). The van der Waals surface area contributed by atoms with Gasteiger partial charge in [-0.25, -0.2) is 0 Å². The van der Waals surface area contributed by atoms with Crippen LogP contribution in [-0.2, 0) is 4.79 Å². The third-order valence-electron chi connectivity index (χ3n) is 3.62. The van der Waals surface area contributed by atoms with Crippen LogP contribution >= 0.6 is 11.8 Å². The number of carbonyl (C=O) groups excluding carboxylic acids is 1. The van der Waals surface area contributed by atoms with Crippen molar-refractivity contribution in [3.8, 4) is 0 Å². The predicted octanol–water partition coefficient (Wildman–Crippen LogP) is 0.702. The third kappa shape index (κ3) is 1.89. The van der Waals surface area contributed by atoms with Crippen LogP contribution in [0.25, 0.3) is 0 Å². The Hall–Kier alpha value is -0.220. The molecule has 3 aliphatic rings. The second kappa shape index (κ2) is 3.98. The Labute approximate surface area is 95.0 Å². The van der Waals surface area contributed by atoms with Crippen LogP contribution in [0.1, 0.15) is 19.3 Å². The summed E-state index contributed by atoms with van der Waals surface area (Å²) >= 11 is 2.00. The van der Waals surface area contributed by atoms with Crippen LogP contribution in [0, 0.1) is 5.92 Å². The SMILES string of the molecule is O=C(C1CNC1)N(C1CC1)[C@H]1CCSC1.